The van der Waals surface area contributed by atoms with Crippen molar-refractivity contribution in [2.24, 2.45) is 0 Å². The predicted octanol–water partition coefficient (Wildman–Crippen LogP) is 3.92. The maximum atomic E-state index is 13.3. The van der Waals surface area contributed by atoms with Crippen LogP contribution in [0.1, 0.15) is 11.1 Å². The number of carbonyl (C=O) groups excluding carboxylic acids is 1. The molecule has 4 rings (SSSR count). The number of halogens is 2. The summed E-state index contributed by atoms with van der Waals surface area (Å²) < 4.78 is 20.5. The molecule has 0 spiro atoms. The molecule has 0 unspecified atom stereocenters. The van der Waals surface area contributed by atoms with Gasteiger partial charge in [0.2, 0.25) is 0 Å². The topological polar surface area (TPSA) is 56.2 Å². The van der Waals surface area contributed by atoms with Gasteiger partial charge in [-0.25, -0.2) is 9.07 Å². The van der Waals surface area contributed by atoms with Gasteiger partial charge in [-0.1, -0.05) is 23.7 Å². The summed E-state index contributed by atoms with van der Waals surface area (Å²) in [5, 5.41) is 7.74. The lowest BCUT2D eigenvalue weighted by Gasteiger charge is -2.10. The van der Waals surface area contributed by atoms with Crippen LogP contribution in [0.25, 0.3) is 5.69 Å². The van der Waals surface area contributed by atoms with Crippen LogP contribution in [0.2, 0.25) is 5.02 Å². The minimum Gasteiger partial charge on any atom is -0.480 e. The highest BCUT2D eigenvalue weighted by atomic mass is 35.5. The maximum Gasteiger partial charge on any atom is 0.267 e. The molecule has 3 aromatic rings. The Morgan fingerprint density at radius 3 is 2.96 bits per heavy atom. The van der Waals surface area contributed by atoms with Gasteiger partial charge in [0.25, 0.3) is 5.91 Å². The number of carbonyl (C=O) groups is 1. The summed E-state index contributed by atoms with van der Waals surface area (Å²) in [6.07, 6.45) is 1.40. The number of amides is 1. The molecular weight excluding hydrogens is 357 g/mol. The van der Waals surface area contributed by atoms with Crippen LogP contribution in [0.15, 0.2) is 48.7 Å². The first-order valence-corrected chi connectivity index (χ1v) is 8.46. The van der Waals surface area contributed by atoms with Gasteiger partial charge in [-0.2, -0.15) is 0 Å². The number of ether oxygens (including phenoxy) is 1. The molecule has 7 heteroatoms. The highest BCUT2D eigenvalue weighted by Gasteiger charge is 2.30. The highest BCUT2D eigenvalue weighted by Crippen LogP contribution is 2.30. The van der Waals surface area contributed by atoms with Crippen LogP contribution in [0.3, 0.4) is 0 Å². The Morgan fingerprint density at radius 2 is 2.15 bits per heavy atom. The lowest BCUT2D eigenvalue weighted by atomic mass is 10.1. The third kappa shape index (κ3) is 3.04. The molecule has 1 atom stereocenters. The van der Waals surface area contributed by atoms with Crippen LogP contribution in [-0.2, 0) is 11.2 Å². The first kappa shape index (κ1) is 16.6. The average molecular weight is 372 g/mol. The molecule has 0 aliphatic carbocycles. The minimum absolute atomic E-state index is 0.323. The van der Waals surface area contributed by atoms with Gasteiger partial charge in [-0.3, -0.25) is 4.79 Å². The Bertz CT molecular complexity index is 1000. The van der Waals surface area contributed by atoms with Crippen LogP contribution < -0.4 is 10.1 Å². The van der Waals surface area contributed by atoms with Crippen molar-refractivity contribution in [3.8, 4) is 11.4 Å². The van der Waals surface area contributed by atoms with E-state index in [0.29, 0.717) is 28.6 Å². The molecule has 0 fully saturated rings. The number of fused-ring (bicyclic) bond motifs is 1. The summed E-state index contributed by atoms with van der Waals surface area (Å²) in [5.74, 6) is 0.294. The van der Waals surface area contributed by atoms with E-state index in [1.54, 1.807) is 16.9 Å². The molecule has 1 N–H and O–H groups in total. The molecule has 1 amide bonds. The van der Waals surface area contributed by atoms with Crippen molar-refractivity contribution in [2.75, 3.05) is 5.32 Å². The second-order valence-corrected chi connectivity index (χ2v) is 6.52. The number of para-hydroxylation sites is 1. The summed E-state index contributed by atoms with van der Waals surface area (Å²) in [7, 11) is 0. The molecule has 132 valence electrons. The molecule has 2 heterocycles. The predicted molar refractivity (Wildman–Crippen MR) is 96.5 cm³/mol. The lowest BCUT2D eigenvalue weighted by Crippen LogP contribution is -2.31. The first-order valence-electron chi connectivity index (χ1n) is 8.08. The summed E-state index contributed by atoms with van der Waals surface area (Å²) in [6.45, 7) is 1.84. The summed E-state index contributed by atoms with van der Waals surface area (Å²) in [5.41, 5.74) is 2.20. The van der Waals surface area contributed by atoms with Crippen molar-refractivity contribution >= 4 is 23.3 Å². The average Bonchev–Trinajstić information content (AvgIpc) is 3.19. The second kappa shape index (κ2) is 6.46. The van der Waals surface area contributed by atoms with Crippen LogP contribution in [0, 0.1) is 12.7 Å². The van der Waals surface area contributed by atoms with Crippen molar-refractivity contribution in [3.63, 3.8) is 0 Å². The van der Waals surface area contributed by atoms with E-state index in [2.05, 4.69) is 10.4 Å². The molecule has 1 aliphatic heterocycles. The third-order valence-electron chi connectivity index (χ3n) is 4.23. The lowest BCUT2D eigenvalue weighted by molar-refractivity contribution is -0.122. The van der Waals surface area contributed by atoms with E-state index < -0.39 is 6.10 Å². The number of anilines is 1. The number of rotatable bonds is 3. The monoisotopic (exact) mass is 371 g/mol. The second-order valence-electron chi connectivity index (χ2n) is 6.11. The summed E-state index contributed by atoms with van der Waals surface area (Å²) in [6, 6.07) is 11.5. The zero-order chi connectivity index (χ0) is 18.3. The molecule has 2 aromatic carbocycles. The molecule has 0 radical (unpaired) electrons. The Hall–Kier alpha value is -2.86. The van der Waals surface area contributed by atoms with Crippen LogP contribution >= 0.6 is 11.6 Å². The fourth-order valence-corrected chi connectivity index (χ4v) is 3.13. The fourth-order valence-electron chi connectivity index (χ4n) is 2.91. The van der Waals surface area contributed by atoms with Crippen molar-refractivity contribution in [1.29, 1.82) is 0 Å². The summed E-state index contributed by atoms with van der Waals surface area (Å²) >= 11 is 6.20. The van der Waals surface area contributed by atoms with Crippen LogP contribution in [-0.4, -0.2) is 21.8 Å². The van der Waals surface area contributed by atoms with Crippen LogP contribution in [0.5, 0.6) is 5.75 Å². The van der Waals surface area contributed by atoms with Gasteiger partial charge in [0.1, 0.15) is 11.6 Å². The molecular formula is C19H15ClFN3O2. The van der Waals surface area contributed by atoms with Crippen molar-refractivity contribution in [1.82, 2.24) is 9.78 Å². The van der Waals surface area contributed by atoms with Crippen molar-refractivity contribution in [3.05, 3.63) is 70.6 Å². The van der Waals surface area contributed by atoms with E-state index in [1.165, 1.54) is 18.2 Å². The zero-order valence-corrected chi connectivity index (χ0v) is 14.6. The van der Waals surface area contributed by atoms with E-state index in [-0.39, 0.29) is 11.7 Å². The van der Waals surface area contributed by atoms with Gasteiger partial charge in [-0.05, 0) is 37.3 Å². The fraction of sp³-hybridized carbons (Fsp3) is 0.158. The van der Waals surface area contributed by atoms with Crippen LogP contribution in [0.4, 0.5) is 10.2 Å². The van der Waals surface area contributed by atoms with E-state index in [0.717, 1.165) is 11.3 Å². The minimum atomic E-state index is -0.711. The molecule has 1 aliphatic rings. The number of nitrogens with zero attached hydrogens (tertiary/aromatic N) is 2. The van der Waals surface area contributed by atoms with Gasteiger partial charge in [0.05, 0.1) is 10.7 Å². The van der Waals surface area contributed by atoms with Gasteiger partial charge in [0, 0.05) is 23.7 Å². The standard InChI is InChI=1S/C19H15ClFN3O2/c1-11-10-24(15-5-3-2-4-14(15)20)23-18(11)22-19(25)17-9-12-8-13(21)6-7-16(12)26-17/h2-8,10,17H,9H2,1H3,(H,22,23,25)/t17-/m0/s1. The van der Waals surface area contributed by atoms with E-state index in [4.69, 9.17) is 16.3 Å². The first-order chi connectivity index (χ1) is 12.5. The van der Waals surface area contributed by atoms with Gasteiger partial charge in [0.15, 0.2) is 11.9 Å². The molecule has 5 nitrogen and oxygen atoms in total. The number of benzene rings is 2. The third-order valence-corrected chi connectivity index (χ3v) is 4.55. The SMILES string of the molecule is Cc1cn(-c2ccccc2Cl)nc1NC(=O)[C@@H]1Cc2cc(F)ccc2O1. The zero-order valence-electron chi connectivity index (χ0n) is 13.9. The van der Waals surface area contributed by atoms with Crippen molar-refractivity contribution in [2.45, 2.75) is 19.4 Å². The molecule has 0 saturated heterocycles. The Labute approximate surface area is 154 Å². The summed E-state index contributed by atoms with van der Waals surface area (Å²) in [4.78, 5) is 12.5. The van der Waals surface area contributed by atoms with E-state index in [1.807, 2.05) is 25.1 Å². The van der Waals surface area contributed by atoms with E-state index >= 15 is 0 Å². The Morgan fingerprint density at radius 1 is 1.35 bits per heavy atom. The maximum absolute atomic E-state index is 13.3. The molecule has 0 bridgehead atoms. The Balaban J connectivity index is 1.52. The van der Waals surface area contributed by atoms with E-state index in [9.17, 15) is 9.18 Å². The molecule has 0 saturated carbocycles. The quantitative estimate of drug-likeness (QED) is 0.759. The normalized spacial score (nSPS) is 15.4. The largest absolute Gasteiger partial charge is 0.480 e. The number of nitrogens with one attached hydrogen (secondary N) is 1. The van der Waals surface area contributed by atoms with Crippen molar-refractivity contribution < 1.29 is 13.9 Å². The smallest absolute Gasteiger partial charge is 0.267 e. The Kier molecular flexibility index (Phi) is 4.12. The molecule has 1 aromatic heterocycles. The number of aryl methyl sites for hydroxylation is 1. The number of hydrogen-bond acceptors (Lipinski definition) is 3. The van der Waals surface area contributed by atoms with Gasteiger partial charge in [-0.15, -0.1) is 5.10 Å². The van der Waals surface area contributed by atoms with Gasteiger partial charge < -0.3 is 10.1 Å². The number of hydrogen-bond donors (Lipinski definition) is 1. The molecule has 26 heavy (non-hydrogen) atoms. The van der Waals surface area contributed by atoms with Gasteiger partial charge >= 0.3 is 0 Å². The highest BCUT2D eigenvalue weighted by molar-refractivity contribution is 6.32. The number of aromatic nitrogens is 2.